The lowest BCUT2D eigenvalue weighted by Crippen LogP contribution is -2.22. The van der Waals surface area contributed by atoms with Gasteiger partial charge in [-0.3, -0.25) is 9.48 Å². The first-order valence-corrected chi connectivity index (χ1v) is 8.47. The Morgan fingerprint density at radius 3 is 2.67 bits per heavy atom. The zero-order valence-corrected chi connectivity index (χ0v) is 16.0. The zero-order valence-electron chi connectivity index (χ0n) is 16.0. The van der Waals surface area contributed by atoms with Gasteiger partial charge in [0.1, 0.15) is 12.5 Å². The summed E-state index contributed by atoms with van der Waals surface area (Å²) in [6.45, 7) is 3.89. The van der Waals surface area contributed by atoms with Crippen molar-refractivity contribution in [1.29, 1.82) is 0 Å². The maximum atomic E-state index is 12.9. The largest absolute Gasteiger partial charge is 0.467 e. The van der Waals surface area contributed by atoms with E-state index in [-0.39, 0.29) is 16.8 Å². The van der Waals surface area contributed by atoms with Crippen LogP contribution in [-0.2, 0) is 9.53 Å². The van der Waals surface area contributed by atoms with E-state index in [4.69, 9.17) is 4.74 Å². The molecule has 30 heavy (non-hydrogen) atoms. The molecule has 0 amide bonds. The molecule has 0 saturated heterocycles. The summed E-state index contributed by atoms with van der Waals surface area (Å²) in [5.41, 5.74) is -1.01. The van der Waals surface area contributed by atoms with E-state index in [0.29, 0.717) is 23.5 Å². The number of aromatic nitrogens is 4. The molecule has 2 aromatic heterocycles. The second-order valence-corrected chi connectivity index (χ2v) is 6.07. The number of carbonyl (C=O) groups excluding carboxylic acids is 1. The minimum absolute atomic E-state index is 0.0828. The number of ether oxygens (including phenoxy) is 1. The monoisotopic (exact) mass is 426 g/mol. The number of halogens is 4. The van der Waals surface area contributed by atoms with Gasteiger partial charge in [-0.2, -0.15) is 18.3 Å². The highest BCUT2D eigenvalue weighted by Crippen LogP contribution is 2.28. The molecule has 0 aliphatic carbocycles. The third-order valence-electron chi connectivity index (χ3n) is 3.90. The molecular weight excluding hydrogens is 408 g/mol. The van der Waals surface area contributed by atoms with E-state index in [1.165, 1.54) is 18.5 Å². The third kappa shape index (κ3) is 5.52. The Balaban J connectivity index is 2.39. The van der Waals surface area contributed by atoms with E-state index in [2.05, 4.69) is 21.6 Å². The van der Waals surface area contributed by atoms with Gasteiger partial charge in [-0.25, -0.2) is 14.2 Å². The Bertz CT molecular complexity index is 1050. The number of H-pyrrole nitrogens is 1. The number of hydrogen-bond acceptors (Lipinski definition) is 5. The number of aryl methyl sites for hydroxylation is 1. The number of nitrogens with one attached hydrogen (secondary N) is 1. The van der Waals surface area contributed by atoms with Crippen molar-refractivity contribution >= 4 is 5.97 Å². The molecule has 1 atom stereocenters. The minimum Gasteiger partial charge on any atom is -0.467 e. The maximum absolute atomic E-state index is 12.9. The first kappa shape index (κ1) is 22.8. The van der Waals surface area contributed by atoms with Crippen molar-refractivity contribution in [3.8, 4) is 11.3 Å². The number of methoxy groups -OCH3 is 1. The molecule has 2 rings (SSSR count). The van der Waals surface area contributed by atoms with E-state index in [0.717, 1.165) is 17.9 Å². The molecule has 1 unspecified atom stereocenters. The van der Waals surface area contributed by atoms with Crippen LogP contribution in [0.25, 0.3) is 11.3 Å². The second-order valence-electron chi connectivity index (χ2n) is 6.07. The van der Waals surface area contributed by atoms with Crippen molar-refractivity contribution in [2.75, 3.05) is 13.8 Å². The molecule has 0 aliphatic rings. The van der Waals surface area contributed by atoms with E-state index >= 15 is 0 Å². The number of nitrogens with zero attached hydrogens (tertiary/aromatic N) is 3. The van der Waals surface area contributed by atoms with Gasteiger partial charge in [0.15, 0.2) is 6.04 Å². The van der Waals surface area contributed by atoms with Gasteiger partial charge in [-0.15, -0.1) is 0 Å². The van der Waals surface area contributed by atoms with Crippen LogP contribution in [-0.4, -0.2) is 45.7 Å². The average molecular weight is 426 g/mol. The SMILES string of the molecule is C=C(/C=C\C(=C/CF)C(F)(F)F)C(C(=O)OC)n1cc(-c2cc(=O)[nH]c(C)n2)cn1. The van der Waals surface area contributed by atoms with Gasteiger partial charge in [-0.1, -0.05) is 12.7 Å². The van der Waals surface area contributed by atoms with Gasteiger partial charge in [0.05, 0.1) is 24.6 Å². The fourth-order valence-corrected chi connectivity index (χ4v) is 2.53. The summed E-state index contributed by atoms with van der Waals surface area (Å²) in [5, 5.41) is 4.03. The van der Waals surface area contributed by atoms with E-state index in [9.17, 15) is 27.2 Å². The highest BCUT2D eigenvalue weighted by atomic mass is 19.4. The summed E-state index contributed by atoms with van der Waals surface area (Å²) in [5.74, 6) is -0.473. The maximum Gasteiger partial charge on any atom is 0.416 e. The van der Waals surface area contributed by atoms with Gasteiger partial charge < -0.3 is 9.72 Å². The number of aromatic amines is 1. The quantitative estimate of drug-likeness (QED) is 0.417. The number of allylic oxidation sites excluding steroid dienone is 4. The number of esters is 1. The Morgan fingerprint density at radius 2 is 2.10 bits per heavy atom. The van der Waals surface area contributed by atoms with Crippen molar-refractivity contribution in [2.45, 2.75) is 19.1 Å². The van der Waals surface area contributed by atoms with Crippen LogP contribution in [0.2, 0.25) is 0 Å². The molecular formula is C19H18F4N4O3. The number of carbonyl (C=O) groups is 1. The summed E-state index contributed by atoms with van der Waals surface area (Å²) in [6, 6.07) is -0.0592. The van der Waals surface area contributed by atoms with Gasteiger partial charge in [0.2, 0.25) is 0 Å². The summed E-state index contributed by atoms with van der Waals surface area (Å²) in [4.78, 5) is 30.5. The molecule has 0 fully saturated rings. The fourth-order valence-electron chi connectivity index (χ4n) is 2.53. The number of alkyl halides is 4. The molecule has 0 aliphatic heterocycles. The molecule has 0 radical (unpaired) electrons. The molecule has 1 N–H and O–H groups in total. The van der Waals surface area contributed by atoms with Crippen molar-refractivity contribution in [2.24, 2.45) is 0 Å². The van der Waals surface area contributed by atoms with Crippen molar-refractivity contribution in [3.05, 3.63) is 70.6 Å². The second kappa shape index (κ2) is 9.33. The van der Waals surface area contributed by atoms with Crippen LogP contribution in [0.1, 0.15) is 11.9 Å². The van der Waals surface area contributed by atoms with Crippen molar-refractivity contribution in [3.63, 3.8) is 0 Å². The fraction of sp³-hybridized carbons (Fsp3) is 0.263. The number of hydrogen-bond donors (Lipinski definition) is 1. The zero-order chi connectivity index (χ0) is 22.5. The molecule has 0 aromatic carbocycles. The average Bonchev–Trinajstić information content (AvgIpc) is 3.13. The predicted octanol–water partition coefficient (Wildman–Crippen LogP) is 3.23. The van der Waals surface area contributed by atoms with Crippen molar-refractivity contribution < 1.29 is 27.1 Å². The first-order valence-electron chi connectivity index (χ1n) is 8.47. The van der Waals surface area contributed by atoms with Crippen LogP contribution in [0, 0.1) is 6.92 Å². The van der Waals surface area contributed by atoms with Crippen molar-refractivity contribution in [1.82, 2.24) is 19.7 Å². The summed E-state index contributed by atoms with van der Waals surface area (Å²) in [6.07, 6.45) is -0.143. The van der Waals surface area contributed by atoms with Gasteiger partial charge in [0.25, 0.3) is 5.56 Å². The predicted molar refractivity (Wildman–Crippen MR) is 100 cm³/mol. The van der Waals surface area contributed by atoms with Gasteiger partial charge in [-0.05, 0) is 24.6 Å². The van der Waals surface area contributed by atoms with E-state index in [1.807, 2.05) is 0 Å². The molecule has 2 heterocycles. The van der Waals surface area contributed by atoms with Crippen LogP contribution < -0.4 is 5.56 Å². The lowest BCUT2D eigenvalue weighted by atomic mass is 10.1. The number of rotatable bonds is 7. The van der Waals surface area contributed by atoms with Crippen LogP contribution in [0.5, 0.6) is 0 Å². The molecule has 0 spiro atoms. The first-order chi connectivity index (χ1) is 14.1. The highest BCUT2D eigenvalue weighted by Gasteiger charge is 2.32. The summed E-state index contributed by atoms with van der Waals surface area (Å²) >= 11 is 0. The molecule has 7 nitrogen and oxygen atoms in total. The molecule has 0 bridgehead atoms. The molecule has 160 valence electrons. The molecule has 0 saturated carbocycles. The lowest BCUT2D eigenvalue weighted by molar-refractivity contribution is -0.143. The van der Waals surface area contributed by atoms with Crippen LogP contribution in [0.15, 0.2) is 59.2 Å². The van der Waals surface area contributed by atoms with Gasteiger partial charge >= 0.3 is 12.1 Å². The Kier molecular flexibility index (Phi) is 7.09. The van der Waals surface area contributed by atoms with Crippen LogP contribution >= 0.6 is 0 Å². The van der Waals surface area contributed by atoms with Gasteiger partial charge in [0, 0.05) is 17.8 Å². The Labute approximate surface area is 168 Å². The molecule has 2 aromatic rings. The summed E-state index contributed by atoms with van der Waals surface area (Å²) in [7, 11) is 1.10. The smallest absolute Gasteiger partial charge is 0.416 e. The normalized spacial score (nSPS) is 13.5. The Hall–Kier alpha value is -3.50. The topological polar surface area (TPSA) is 89.9 Å². The van der Waals surface area contributed by atoms with E-state index < -0.39 is 30.4 Å². The van der Waals surface area contributed by atoms with Crippen LogP contribution in [0.3, 0.4) is 0 Å². The molecule has 11 heteroatoms. The van der Waals surface area contributed by atoms with E-state index in [1.54, 1.807) is 6.92 Å². The minimum atomic E-state index is -4.77. The van der Waals surface area contributed by atoms with Crippen LogP contribution in [0.4, 0.5) is 17.6 Å². The lowest BCUT2D eigenvalue weighted by Gasteiger charge is -2.16. The third-order valence-corrected chi connectivity index (χ3v) is 3.90. The highest BCUT2D eigenvalue weighted by molar-refractivity contribution is 5.78. The Morgan fingerprint density at radius 1 is 1.40 bits per heavy atom. The summed E-state index contributed by atoms with van der Waals surface area (Å²) < 4.78 is 56.9. The standard InChI is InChI=1S/C19H18F4N4O3/c1-11(4-5-14(6-7-20)19(21,22)23)17(18(29)30-3)27-10-13(9-24-27)15-8-16(28)26-12(2)25-15/h4-6,8-10,17H,1,7H2,2-3H3,(H,25,26,28)/b5-4-,14-6+.